The molecule has 0 fully saturated rings. The van der Waals surface area contributed by atoms with Crippen LogP contribution in [0, 0.1) is 23.1 Å². The van der Waals surface area contributed by atoms with E-state index in [4.69, 9.17) is 5.26 Å². The zero-order chi connectivity index (χ0) is 14.3. The first kappa shape index (κ1) is 15.2. The molecule has 104 valence electrons. The van der Waals surface area contributed by atoms with Crippen molar-refractivity contribution >= 4 is 11.8 Å². The lowest BCUT2D eigenvalue weighted by atomic mass is 10.2. The molecule has 1 heterocycles. The summed E-state index contributed by atoms with van der Waals surface area (Å²) >= 11 is 0. The Labute approximate surface area is 113 Å². The fourth-order valence-electron chi connectivity index (χ4n) is 1.73. The van der Waals surface area contributed by atoms with E-state index >= 15 is 0 Å². The molecule has 0 radical (unpaired) electrons. The van der Waals surface area contributed by atoms with E-state index in [9.17, 15) is 4.39 Å². The highest BCUT2D eigenvalue weighted by Crippen LogP contribution is 2.19. The van der Waals surface area contributed by atoms with Gasteiger partial charge >= 0.3 is 0 Å². The van der Waals surface area contributed by atoms with Crippen molar-refractivity contribution in [2.75, 3.05) is 29.9 Å². The van der Waals surface area contributed by atoms with Gasteiger partial charge in [0.15, 0.2) is 11.6 Å². The maximum atomic E-state index is 13.9. The normalized spacial score (nSPS) is 10.3. The second-order valence-electron chi connectivity index (χ2n) is 4.64. The minimum atomic E-state index is -0.458. The van der Waals surface area contributed by atoms with Crippen molar-refractivity contribution in [3.05, 3.63) is 12.0 Å². The average molecular weight is 265 g/mol. The number of nitrogens with zero attached hydrogens (tertiary/aromatic N) is 4. The van der Waals surface area contributed by atoms with Crippen molar-refractivity contribution in [1.82, 2.24) is 9.97 Å². The highest BCUT2D eigenvalue weighted by Gasteiger charge is 2.16. The first-order valence-corrected chi connectivity index (χ1v) is 6.46. The van der Waals surface area contributed by atoms with Gasteiger partial charge in [-0.15, -0.1) is 0 Å². The summed E-state index contributed by atoms with van der Waals surface area (Å²) in [6, 6.07) is 2.08. The summed E-state index contributed by atoms with van der Waals surface area (Å²) in [4.78, 5) is 9.87. The van der Waals surface area contributed by atoms with E-state index in [2.05, 4.69) is 21.4 Å². The minimum absolute atomic E-state index is 0.259. The molecule has 1 aromatic heterocycles. The van der Waals surface area contributed by atoms with Crippen LogP contribution in [0.1, 0.15) is 27.2 Å². The molecule has 0 bridgehead atoms. The van der Waals surface area contributed by atoms with Gasteiger partial charge in [0.05, 0.1) is 18.7 Å². The summed E-state index contributed by atoms with van der Waals surface area (Å²) in [5.41, 5.74) is 0. The number of halogens is 1. The Kier molecular flexibility index (Phi) is 6.00. The van der Waals surface area contributed by atoms with Crippen LogP contribution in [0.2, 0.25) is 0 Å². The third kappa shape index (κ3) is 4.70. The number of nitriles is 1. The molecule has 0 atom stereocenters. The standard InChI is InChI=1S/C13H20FN5/c1-4-16-13-17-8-11(14)12(18-13)19(7-5-6-15)9-10(2)3/h8,10H,4-5,7,9H2,1-3H3,(H,16,17,18). The Morgan fingerprint density at radius 3 is 2.84 bits per heavy atom. The third-order valence-corrected chi connectivity index (χ3v) is 2.44. The van der Waals surface area contributed by atoms with Gasteiger partial charge in [0.2, 0.25) is 5.95 Å². The summed E-state index contributed by atoms with van der Waals surface area (Å²) in [5.74, 6) is 0.565. The van der Waals surface area contributed by atoms with Crippen LogP contribution in [0.4, 0.5) is 16.2 Å². The molecule has 1 rings (SSSR count). The van der Waals surface area contributed by atoms with Crippen molar-refractivity contribution in [2.24, 2.45) is 5.92 Å². The Balaban J connectivity index is 2.98. The number of aromatic nitrogens is 2. The molecule has 5 nitrogen and oxygen atoms in total. The number of nitrogens with one attached hydrogen (secondary N) is 1. The van der Waals surface area contributed by atoms with Crippen LogP contribution in [0.25, 0.3) is 0 Å². The van der Waals surface area contributed by atoms with Gasteiger partial charge in [-0.1, -0.05) is 13.8 Å². The highest BCUT2D eigenvalue weighted by molar-refractivity contribution is 5.44. The number of hydrogen-bond donors (Lipinski definition) is 1. The molecule has 0 aliphatic carbocycles. The highest BCUT2D eigenvalue weighted by atomic mass is 19.1. The number of hydrogen-bond acceptors (Lipinski definition) is 5. The van der Waals surface area contributed by atoms with Gasteiger partial charge in [-0.05, 0) is 12.8 Å². The van der Waals surface area contributed by atoms with Gasteiger partial charge in [-0.3, -0.25) is 0 Å². The molecule has 0 aliphatic heterocycles. The summed E-state index contributed by atoms with van der Waals surface area (Å²) in [7, 11) is 0. The molecule has 0 aromatic carbocycles. The molecule has 0 saturated heterocycles. The van der Waals surface area contributed by atoms with Gasteiger partial charge in [-0.2, -0.15) is 10.2 Å². The van der Waals surface area contributed by atoms with Gasteiger partial charge < -0.3 is 10.2 Å². The Morgan fingerprint density at radius 1 is 1.53 bits per heavy atom. The van der Waals surface area contributed by atoms with Gasteiger partial charge in [0.25, 0.3) is 0 Å². The molecular weight excluding hydrogens is 245 g/mol. The monoisotopic (exact) mass is 265 g/mol. The van der Waals surface area contributed by atoms with Crippen molar-refractivity contribution in [3.63, 3.8) is 0 Å². The van der Waals surface area contributed by atoms with Crippen LogP contribution >= 0.6 is 0 Å². The average Bonchev–Trinajstić information content (AvgIpc) is 2.37. The van der Waals surface area contributed by atoms with E-state index in [0.717, 1.165) is 0 Å². The predicted molar refractivity (Wildman–Crippen MR) is 73.4 cm³/mol. The molecule has 0 saturated carbocycles. The maximum absolute atomic E-state index is 13.9. The van der Waals surface area contributed by atoms with Crippen LogP contribution < -0.4 is 10.2 Å². The van der Waals surface area contributed by atoms with Gasteiger partial charge in [0.1, 0.15) is 0 Å². The third-order valence-electron chi connectivity index (χ3n) is 2.44. The smallest absolute Gasteiger partial charge is 0.224 e. The van der Waals surface area contributed by atoms with Crippen molar-refractivity contribution in [1.29, 1.82) is 5.26 Å². The van der Waals surface area contributed by atoms with Crippen LogP contribution in [-0.2, 0) is 0 Å². The second-order valence-corrected chi connectivity index (χ2v) is 4.64. The molecular formula is C13H20FN5. The molecule has 0 aliphatic rings. The summed E-state index contributed by atoms with van der Waals surface area (Å²) in [5, 5.41) is 11.6. The largest absolute Gasteiger partial charge is 0.354 e. The van der Waals surface area contributed by atoms with Crippen molar-refractivity contribution < 1.29 is 4.39 Å². The lowest BCUT2D eigenvalue weighted by Gasteiger charge is -2.25. The minimum Gasteiger partial charge on any atom is -0.354 e. The second kappa shape index (κ2) is 7.52. The Bertz CT molecular complexity index is 441. The fraction of sp³-hybridized carbons (Fsp3) is 0.615. The van der Waals surface area contributed by atoms with Crippen LogP contribution in [-0.4, -0.2) is 29.6 Å². The Hall–Kier alpha value is -1.90. The molecule has 19 heavy (non-hydrogen) atoms. The van der Waals surface area contributed by atoms with Crippen molar-refractivity contribution in [2.45, 2.75) is 27.2 Å². The molecule has 1 aromatic rings. The quantitative estimate of drug-likeness (QED) is 0.820. The lowest BCUT2D eigenvalue weighted by Crippen LogP contribution is -2.30. The topological polar surface area (TPSA) is 64.8 Å². The number of anilines is 2. The van der Waals surface area contributed by atoms with Gasteiger partial charge in [-0.25, -0.2) is 9.37 Å². The lowest BCUT2D eigenvalue weighted by molar-refractivity contribution is 0.570. The summed E-state index contributed by atoms with van der Waals surface area (Å²) < 4.78 is 13.9. The zero-order valence-electron chi connectivity index (χ0n) is 11.6. The number of rotatable bonds is 7. The predicted octanol–water partition coefficient (Wildman–Crippen LogP) is 2.42. The first-order valence-electron chi connectivity index (χ1n) is 6.46. The SMILES string of the molecule is CCNc1ncc(F)c(N(CCC#N)CC(C)C)n1. The zero-order valence-corrected chi connectivity index (χ0v) is 11.6. The van der Waals surface area contributed by atoms with E-state index in [1.807, 2.05) is 20.8 Å². The fourth-order valence-corrected chi connectivity index (χ4v) is 1.73. The summed E-state index contributed by atoms with van der Waals surface area (Å²) in [6.45, 7) is 7.81. The molecule has 0 spiro atoms. The van der Waals surface area contributed by atoms with E-state index in [0.29, 0.717) is 37.9 Å². The van der Waals surface area contributed by atoms with Crippen LogP contribution in [0.15, 0.2) is 6.20 Å². The Morgan fingerprint density at radius 2 is 2.26 bits per heavy atom. The molecule has 0 amide bonds. The van der Waals surface area contributed by atoms with E-state index < -0.39 is 5.82 Å². The van der Waals surface area contributed by atoms with E-state index in [-0.39, 0.29) is 5.82 Å². The van der Waals surface area contributed by atoms with Gasteiger partial charge in [0, 0.05) is 19.6 Å². The van der Waals surface area contributed by atoms with E-state index in [1.165, 1.54) is 6.20 Å². The van der Waals surface area contributed by atoms with Crippen LogP contribution in [0.3, 0.4) is 0 Å². The molecule has 0 unspecified atom stereocenters. The van der Waals surface area contributed by atoms with Crippen LogP contribution in [0.5, 0.6) is 0 Å². The van der Waals surface area contributed by atoms with Crippen molar-refractivity contribution in [3.8, 4) is 6.07 Å². The molecule has 1 N–H and O–H groups in total. The van der Waals surface area contributed by atoms with E-state index in [1.54, 1.807) is 4.90 Å². The summed E-state index contributed by atoms with van der Waals surface area (Å²) in [6.07, 6.45) is 1.51. The molecule has 6 heteroatoms. The maximum Gasteiger partial charge on any atom is 0.224 e. The first-order chi connectivity index (χ1) is 9.08.